The molecule has 0 fully saturated rings. The maximum atomic E-state index is 13.2. The van der Waals surface area contributed by atoms with Gasteiger partial charge in [0.1, 0.15) is 17.2 Å². The summed E-state index contributed by atoms with van der Waals surface area (Å²) in [7, 11) is 1.24. The van der Waals surface area contributed by atoms with Crippen molar-refractivity contribution in [3.8, 4) is 0 Å². The zero-order valence-electron chi connectivity index (χ0n) is 7.83. The van der Waals surface area contributed by atoms with Crippen LogP contribution in [-0.4, -0.2) is 18.2 Å². The fourth-order valence-corrected chi connectivity index (χ4v) is 1.05. The van der Waals surface area contributed by atoms with Crippen molar-refractivity contribution in [2.24, 2.45) is 0 Å². The van der Waals surface area contributed by atoms with Crippen molar-refractivity contribution in [2.45, 2.75) is 0 Å². The lowest BCUT2D eigenvalue weighted by Gasteiger charge is -2.03. The van der Waals surface area contributed by atoms with Gasteiger partial charge < -0.3 is 9.84 Å². The Balaban J connectivity index is 3.24. The molecule has 0 radical (unpaired) electrons. The van der Waals surface area contributed by atoms with E-state index in [4.69, 9.17) is 5.11 Å². The number of carbonyl (C=O) groups is 1. The molecule has 0 unspecified atom stereocenters. The minimum absolute atomic E-state index is 0.217. The van der Waals surface area contributed by atoms with Crippen molar-refractivity contribution in [1.82, 2.24) is 0 Å². The van der Waals surface area contributed by atoms with Crippen LogP contribution in [0.15, 0.2) is 24.5 Å². The Hall–Kier alpha value is -1.91. The van der Waals surface area contributed by atoms with Crippen molar-refractivity contribution in [3.05, 3.63) is 41.7 Å². The van der Waals surface area contributed by atoms with Crippen LogP contribution in [0.5, 0.6) is 0 Å². The highest BCUT2D eigenvalue weighted by molar-refractivity contribution is 6.15. The molecular weight excluding hydrogens is 206 g/mol. The number of carboxylic acid groups (broad SMARTS) is 1. The van der Waals surface area contributed by atoms with Crippen LogP contribution in [0.3, 0.4) is 0 Å². The Bertz CT molecular complexity index is 413. The molecule has 80 valence electrons. The molecular formula is C10H8F2O3. The summed E-state index contributed by atoms with van der Waals surface area (Å²) in [5.41, 5.74) is -0.583. The maximum absolute atomic E-state index is 13.2. The van der Waals surface area contributed by atoms with Crippen molar-refractivity contribution in [3.63, 3.8) is 0 Å². The topological polar surface area (TPSA) is 46.5 Å². The average Bonchev–Trinajstić information content (AvgIpc) is 2.15. The van der Waals surface area contributed by atoms with Gasteiger partial charge in [-0.15, -0.1) is 0 Å². The summed E-state index contributed by atoms with van der Waals surface area (Å²) in [5.74, 6) is -3.05. The summed E-state index contributed by atoms with van der Waals surface area (Å²) in [5, 5.41) is 8.74. The van der Waals surface area contributed by atoms with Crippen LogP contribution in [0.1, 0.15) is 5.56 Å². The predicted octanol–water partition coefficient (Wildman–Crippen LogP) is 2.04. The van der Waals surface area contributed by atoms with Crippen molar-refractivity contribution in [1.29, 1.82) is 0 Å². The number of ether oxygens (including phenoxy) is 1. The number of aliphatic carboxylic acids is 1. The maximum Gasteiger partial charge on any atom is 0.339 e. The van der Waals surface area contributed by atoms with E-state index >= 15 is 0 Å². The molecule has 0 spiro atoms. The fourth-order valence-electron chi connectivity index (χ4n) is 1.05. The first-order valence-electron chi connectivity index (χ1n) is 3.98. The molecule has 0 atom stereocenters. The molecule has 0 aliphatic rings. The molecule has 0 bridgehead atoms. The number of benzene rings is 1. The normalized spacial score (nSPS) is 11.3. The third kappa shape index (κ3) is 2.52. The number of halogens is 2. The van der Waals surface area contributed by atoms with Crippen molar-refractivity contribution < 1.29 is 23.4 Å². The predicted molar refractivity (Wildman–Crippen MR) is 49.0 cm³/mol. The van der Waals surface area contributed by atoms with Gasteiger partial charge in [-0.3, -0.25) is 0 Å². The van der Waals surface area contributed by atoms with E-state index in [2.05, 4.69) is 4.74 Å². The molecule has 15 heavy (non-hydrogen) atoms. The van der Waals surface area contributed by atoms with E-state index in [0.717, 1.165) is 18.4 Å². The monoisotopic (exact) mass is 214 g/mol. The highest BCUT2D eigenvalue weighted by Crippen LogP contribution is 2.19. The molecule has 0 saturated carbocycles. The average molecular weight is 214 g/mol. The van der Waals surface area contributed by atoms with Gasteiger partial charge in [-0.25, -0.2) is 13.6 Å². The molecule has 0 aliphatic heterocycles. The lowest BCUT2D eigenvalue weighted by molar-refractivity contribution is -0.130. The molecule has 5 heteroatoms. The first-order valence-corrected chi connectivity index (χ1v) is 3.98. The Morgan fingerprint density at radius 2 is 2.13 bits per heavy atom. The Labute approximate surface area is 84.6 Å². The van der Waals surface area contributed by atoms with E-state index in [1.54, 1.807) is 0 Å². The molecule has 0 amide bonds. The zero-order chi connectivity index (χ0) is 11.4. The third-order valence-corrected chi connectivity index (χ3v) is 1.69. The third-order valence-electron chi connectivity index (χ3n) is 1.69. The second-order valence-electron chi connectivity index (χ2n) is 2.70. The van der Waals surface area contributed by atoms with Crippen LogP contribution in [0.25, 0.3) is 5.57 Å². The van der Waals surface area contributed by atoms with Crippen LogP contribution in [0, 0.1) is 11.6 Å². The Morgan fingerprint density at radius 3 is 2.60 bits per heavy atom. The number of hydrogen-bond donors (Lipinski definition) is 1. The molecule has 0 aliphatic carbocycles. The standard InChI is InChI=1S/C10H8F2O3/c1-15-5-8(10(13)14)7-3-2-6(11)4-9(7)12/h2-5H,1H3,(H,13,14)/b8-5-. The van der Waals surface area contributed by atoms with Gasteiger partial charge in [0.25, 0.3) is 0 Å². The van der Waals surface area contributed by atoms with E-state index < -0.39 is 17.6 Å². The number of methoxy groups -OCH3 is 1. The summed E-state index contributed by atoms with van der Waals surface area (Å²) in [4.78, 5) is 10.7. The quantitative estimate of drug-likeness (QED) is 0.618. The minimum atomic E-state index is -1.35. The van der Waals surface area contributed by atoms with E-state index in [9.17, 15) is 13.6 Å². The van der Waals surface area contributed by atoms with E-state index in [1.165, 1.54) is 7.11 Å². The van der Waals surface area contributed by atoms with Crippen molar-refractivity contribution in [2.75, 3.05) is 7.11 Å². The lowest BCUT2D eigenvalue weighted by Crippen LogP contribution is -2.02. The van der Waals surface area contributed by atoms with Crippen LogP contribution in [-0.2, 0) is 9.53 Å². The number of hydrogen-bond acceptors (Lipinski definition) is 2. The summed E-state index contributed by atoms with van der Waals surface area (Å²) in [6.07, 6.45) is 0.888. The van der Waals surface area contributed by atoms with Crippen LogP contribution in [0.4, 0.5) is 8.78 Å². The van der Waals surface area contributed by atoms with Gasteiger partial charge in [-0.1, -0.05) is 0 Å². The molecule has 1 N–H and O–H groups in total. The molecule has 1 aromatic rings. The largest absolute Gasteiger partial charge is 0.503 e. The summed E-state index contributed by atoms with van der Waals surface area (Å²) >= 11 is 0. The zero-order valence-corrected chi connectivity index (χ0v) is 7.83. The van der Waals surface area contributed by atoms with Crippen LogP contribution < -0.4 is 0 Å². The second kappa shape index (κ2) is 4.54. The highest BCUT2D eigenvalue weighted by Gasteiger charge is 2.15. The van der Waals surface area contributed by atoms with Gasteiger partial charge in [-0.2, -0.15) is 0 Å². The van der Waals surface area contributed by atoms with Gasteiger partial charge >= 0.3 is 5.97 Å². The van der Waals surface area contributed by atoms with E-state index in [-0.39, 0.29) is 11.1 Å². The minimum Gasteiger partial charge on any atom is -0.503 e. The SMILES string of the molecule is CO/C=C(\C(=O)O)c1ccc(F)cc1F. The smallest absolute Gasteiger partial charge is 0.339 e. The van der Waals surface area contributed by atoms with Crippen LogP contribution >= 0.6 is 0 Å². The van der Waals surface area contributed by atoms with Crippen LogP contribution in [0.2, 0.25) is 0 Å². The Kier molecular flexibility index (Phi) is 3.38. The van der Waals surface area contributed by atoms with Gasteiger partial charge in [0.2, 0.25) is 0 Å². The lowest BCUT2D eigenvalue weighted by atomic mass is 10.1. The highest BCUT2D eigenvalue weighted by atomic mass is 19.1. The molecule has 1 aromatic carbocycles. The molecule has 3 nitrogen and oxygen atoms in total. The van der Waals surface area contributed by atoms with Gasteiger partial charge in [-0.05, 0) is 12.1 Å². The van der Waals surface area contributed by atoms with Gasteiger partial charge in [0, 0.05) is 11.6 Å². The summed E-state index contributed by atoms with van der Waals surface area (Å²) in [6.45, 7) is 0. The fraction of sp³-hybridized carbons (Fsp3) is 0.100. The molecule has 0 aromatic heterocycles. The van der Waals surface area contributed by atoms with E-state index in [1.807, 2.05) is 0 Å². The van der Waals surface area contributed by atoms with E-state index in [0.29, 0.717) is 6.07 Å². The number of carboxylic acids is 1. The molecule has 0 heterocycles. The molecule has 0 saturated heterocycles. The second-order valence-corrected chi connectivity index (χ2v) is 2.70. The number of rotatable bonds is 3. The first kappa shape index (κ1) is 11.2. The van der Waals surface area contributed by atoms with Gasteiger partial charge in [0.15, 0.2) is 0 Å². The molecule has 1 rings (SSSR count). The Morgan fingerprint density at radius 1 is 1.47 bits per heavy atom. The summed E-state index contributed by atoms with van der Waals surface area (Å²) in [6, 6.07) is 2.64. The van der Waals surface area contributed by atoms with Gasteiger partial charge in [0.05, 0.1) is 13.4 Å². The first-order chi connectivity index (χ1) is 7.06. The summed E-state index contributed by atoms with van der Waals surface area (Å²) < 4.78 is 30.2. The van der Waals surface area contributed by atoms with Crippen molar-refractivity contribution >= 4 is 11.5 Å².